The first kappa shape index (κ1) is 19.7. The van der Waals surface area contributed by atoms with Crippen LogP contribution in [0.4, 0.5) is 0 Å². The molecule has 2 fully saturated rings. The highest BCUT2D eigenvalue weighted by atomic mass is 16.5. The molecule has 28 heavy (non-hydrogen) atoms. The zero-order valence-corrected chi connectivity index (χ0v) is 17.3. The maximum Gasteiger partial charge on any atom is 0.242 e. The molecule has 6 heteroatoms. The van der Waals surface area contributed by atoms with Gasteiger partial charge in [0.05, 0.1) is 25.4 Å². The average molecular weight is 388 g/mol. The standard InChI is InChI=1S/C22H33N3O3/c1-22(2,25-11-14-27-15-12-25)21(26)24-8-3-7-23(9-10-24)17-18-4-5-20-19(16-18)6-13-28-20/h4-5,16H,3,6-15,17H2,1-2H3. The minimum Gasteiger partial charge on any atom is -0.493 e. The monoisotopic (exact) mass is 387 g/mol. The molecular weight excluding hydrogens is 354 g/mol. The number of carbonyl (C=O) groups excluding carboxylic acids is 1. The number of rotatable bonds is 4. The van der Waals surface area contributed by atoms with Crippen molar-refractivity contribution in [3.63, 3.8) is 0 Å². The molecule has 3 aliphatic rings. The van der Waals surface area contributed by atoms with E-state index in [9.17, 15) is 4.79 Å². The highest BCUT2D eigenvalue weighted by Crippen LogP contribution is 2.27. The third kappa shape index (κ3) is 4.19. The fraction of sp³-hybridized carbons (Fsp3) is 0.682. The summed E-state index contributed by atoms with van der Waals surface area (Å²) >= 11 is 0. The summed E-state index contributed by atoms with van der Waals surface area (Å²) in [5.41, 5.74) is 2.22. The van der Waals surface area contributed by atoms with Crippen molar-refractivity contribution in [2.24, 2.45) is 0 Å². The second-order valence-electron chi connectivity index (χ2n) is 8.62. The summed E-state index contributed by atoms with van der Waals surface area (Å²) in [6.07, 6.45) is 2.04. The molecule has 0 bridgehead atoms. The molecule has 2 saturated heterocycles. The lowest BCUT2D eigenvalue weighted by molar-refractivity contribution is -0.145. The Balaban J connectivity index is 1.34. The van der Waals surface area contributed by atoms with E-state index in [1.165, 1.54) is 11.1 Å². The van der Waals surface area contributed by atoms with E-state index in [0.29, 0.717) is 0 Å². The number of nitrogens with zero attached hydrogens (tertiary/aromatic N) is 3. The van der Waals surface area contributed by atoms with Gasteiger partial charge in [-0.2, -0.15) is 0 Å². The van der Waals surface area contributed by atoms with Gasteiger partial charge in [-0.1, -0.05) is 12.1 Å². The third-order valence-electron chi connectivity index (χ3n) is 6.36. The first-order valence-electron chi connectivity index (χ1n) is 10.6. The summed E-state index contributed by atoms with van der Waals surface area (Å²) in [7, 11) is 0. The third-order valence-corrected chi connectivity index (χ3v) is 6.36. The van der Waals surface area contributed by atoms with Crippen LogP contribution in [0.5, 0.6) is 5.75 Å². The maximum absolute atomic E-state index is 13.3. The van der Waals surface area contributed by atoms with Gasteiger partial charge in [-0.05, 0) is 37.5 Å². The van der Waals surface area contributed by atoms with Crippen LogP contribution in [0.25, 0.3) is 0 Å². The molecule has 0 saturated carbocycles. The van der Waals surface area contributed by atoms with Crippen LogP contribution in [-0.4, -0.2) is 85.2 Å². The van der Waals surface area contributed by atoms with Gasteiger partial charge in [0.2, 0.25) is 5.91 Å². The molecule has 0 unspecified atom stereocenters. The second kappa shape index (κ2) is 8.39. The van der Waals surface area contributed by atoms with E-state index in [-0.39, 0.29) is 5.91 Å². The number of hydrogen-bond donors (Lipinski definition) is 0. The number of benzene rings is 1. The molecule has 0 spiro atoms. The number of carbonyl (C=O) groups is 1. The van der Waals surface area contributed by atoms with E-state index in [1.807, 2.05) is 0 Å². The smallest absolute Gasteiger partial charge is 0.242 e. The predicted molar refractivity (Wildman–Crippen MR) is 109 cm³/mol. The quantitative estimate of drug-likeness (QED) is 0.788. The molecule has 3 heterocycles. The van der Waals surface area contributed by atoms with Crippen LogP contribution in [0.15, 0.2) is 18.2 Å². The van der Waals surface area contributed by atoms with Crippen LogP contribution in [0.3, 0.4) is 0 Å². The van der Waals surface area contributed by atoms with E-state index in [0.717, 1.165) is 84.2 Å². The Morgan fingerprint density at radius 3 is 2.68 bits per heavy atom. The van der Waals surface area contributed by atoms with Gasteiger partial charge in [-0.25, -0.2) is 0 Å². The molecule has 0 atom stereocenters. The summed E-state index contributed by atoms with van der Waals surface area (Å²) in [5.74, 6) is 1.30. The van der Waals surface area contributed by atoms with E-state index in [1.54, 1.807) is 0 Å². The van der Waals surface area contributed by atoms with Crippen LogP contribution < -0.4 is 4.74 Å². The van der Waals surface area contributed by atoms with Crippen molar-refractivity contribution < 1.29 is 14.3 Å². The predicted octanol–water partition coefficient (Wildman–Crippen LogP) is 1.77. The Morgan fingerprint density at radius 1 is 1.04 bits per heavy atom. The number of fused-ring (bicyclic) bond motifs is 1. The van der Waals surface area contributed by atoms with Gasteiger partial charge in [0.1, 0.15) is 5.75 Å². The van der Waals surface area contributed by atoms with Crippen LogP contribution in [-0.2, 0) is 22.5 Å². The van der Waals surface area contributed by atoms with Crippen molar-refractivity contribution in [2.45, 2.75) is 38.8 Å². The normalized spacial score (nSPS) is 21.9. The number of hydrogen-bond acceptors (Lipinski definition) is 5. The average Bonchev–Trinajstić information content (AvgIpc) is 3.06. The summed E-state index contributed by atoms with van der Waals surface area (Å²) in [6.45, 7) is 12.6. The van der Waals surface area contributed by atoms with E-state index < -0.39 is 5.54 Å². The largest absolute Gasteiger partial charge is 0.493 e. The fourth-order valence-electron chi connectivity index (χ4n) is 4.57. The Kier molecular flexibility index (Phi) is 5.90. The van der Waals surface area contributed by atoms with Crippen molar-refractivity contribution in [3.05, 3.63) is 29.3 Å². The summed E-state index contributed by atoms with van der Waals surface area (Å²) < 4.78 is 11.1. The molecule has 0 N–H and O–H groups in total. The van der Waals surface area contributed by atoms with E-state index in [2.05, 4.69) is 46.7 Å². The molecule has 154 valence electrons. The Bertz CT molecular complexity index is 700. The van der Waals surface area contributed by atoms with Crippen LogP contribution in [0.1, 0.15) is 31.4 Å². The molecular formula is C22H33N3O3. The summed E-state index contributed by atoms with van der Waals surface area (Å²) in [5, 5.41) is 0. The number of morpholine rings is 1. The van der Waals surface area contributed by atoms with Crippen LogP contribution >= 0.6 is 0 Å². The molecule has 3 aliphatic heterocycles. The van der Waals surface area contributed by atoms with Gasteiger partial charge in [0.15, 0.2) is 0 Å². The van der Waals surface area contributed by atoms with Gasteiger partial charge in [0, 0.05) is 52.2 Å². The first-order valence-corrected chi connectivity index (χ1v) is 10.6. The van der Waals surface area contributed by atoms with Crippen molar-refractivity contribution >= 4 is 5.91 Å². The van der Waals surface area contributed by atoms with Crippen molar-refractivity contribution in [3.8, 4) is 5.75 Å². The Hall–Kier alpha value is -1.63. The van der Waals surface area contributed by atoms with Crippen molar-refractivity contribution in [1.82, 2.24) is 14.7 Å². The number of ether oxygens (including phenoxy) is 2. The molecule has 1 aromatic carbocycles. The molecule has 1 amide bonds. The lowest BCUT2D eigenvalue weighted by Crippen LogP contribution is -2.59. The molecule has 0 aromatic heterocycles. The lowest BCUT2D eigenvalue weighted by atomic mass is 9.99. The van der Waals surface area contributed by atoms with Gasteiger partial charge in [-0.15, -0.1) is 0 Å². The molecule has 0 aliphatic carbocycles. The zero-order valence-electron chi connectivity index (χ0n) is 17.3. The van der Waals surface area contributed by atoms with Gasteiger partial charge < -0.3 is 14.4 Å². The minimum absolute atomic E-state index is 0.255. The molecule has 6 nitrogen and oxygen atoms in total. The van der Waals surface area contributed by atoms with E-state index in [4.69, 9.17) is 9.47 Å². The maximum atomic E-state index is 13.3. The van der Waals surface area contributed by atoms with Gasteiger partial charge in [-0.3, -0.25) is 14.6 Å². The second-order valence-corrected chi connectivity index (χ2v) is 8.62. The Morgan fingerprint density at radius 2 is 1.86 bits per heavy atom. The highest BCUT2D eigenvalue weighted by molar-refractivity contribution is 5.85. The van der Waals surface area contributed by atoms with Crippen LogP contribution in [0, 0.1) is 0 Å². The molecule has 1 aromatic rings. The highest BCUT2D eigenvalue weighted by Gasteiger charge is 2.38. The Labute approximate surface area is 168 Å². The first-order chi connectivity index (χ1) is 13.5. The molecule has 4 rings (SSSR count). The lowest BCUT2D eigenvalue weighted by Gasteiger charge is -2.42. The fourth-order valence-corrected chi connectivity index (χ4v) is 4.57. The summed E-state index contributed by atoms with van der Waals surface area (Å²) in [4.78, 5) is 20.1. The number of amides is 1. The summed E-state index contributed by atoms with van der Waals surface area (Å²) in [6, 6.07) is 6.58. The SMILES string of the molecule is CC(C)(C(=O)N1CCCN(Cc2ccc3c(c2)CCO3)CC1)N1CCOCC1. The minimum atomic E-state index is -0.459. The van der Waals surface area contributed by atoms with Crippen molar-refractivity contribution in [2.75, 3.05) is 59.1 Å². The van der Waals surface area contributed by atoms with Gasteiger partial charge in [0.25, 0.3) is 0 Å². The zero-order chi connectivity index (χ0) is 19.6. The van der Waals surface area contributed by atoms with Gasteiger partial charge >= 0.3 is 0 Å². The van der Waals surface area contributed by atoms with Crippen molar-refractivity contribution in [1.29, 1.82) is 0 Å². The van der Waals surface area contributed by atoms with Crippen LogP contribution in [0.2, 0.25) is 0 Å². The topological polar surface area (TPSA) is 45.2 Å². The van der Waals surface area contributed by atoms with E-state index >= 15 is 0 Å². The molecule has 0 radical (unpaired) electrons.